The van der Waals surface area contributed by atoms with Crippen LogP contribution in [0.2, 0.25) is 0 Å². The van der Waals surface area contributed by atoms with Crippen molar-refractivity contribution in [2.75, 3.05) is 25.9 Å². The first-order chi connectivity index (χ1) is 12.0. The second kappa shape index (κ2) is 9.19. The Balaban J connectivity index is 1.91. The number of rotatable bonds is 8. The largest absolute Gasteiger partial charge is 0.444 e. The van der Waals surface area contributed by atoms with Gasteiger partial charge in [-0.25, -0.2) is 23.1 Å². The third-order valence-electron chi connectivity index (χ3n) is 3.10. The van der Waals surface area contributed by atoms with Crippen LogP contribution in [0.15, 0.2) is 46.0 Å². The molecule has 1 aromatic carbocycles. The van der Waals surface area contributed by atoms with Gasteiger partial charge in [0.2, 0.25) is 15.9 Å². The molecular formula is C16H23N5O3S. The lowest BCUT2D eigenvalue weighted by atomic mass is 10.2. The van der Waals surface area contributed by atoms with Crippen LogP contribution < -0.4 is 15.4 Å². The van der Waals surface area contributed by atoms with Crippen LogP contribution in [0, 0.1) is 0 Å². The van der Waals surface area contributed by atoms with Gasteiger partial charge in [0, 0.05) is 25.2 Å². The molecule has 2 rings (SSSR count). The van der Waals surface area contributed by atoms with Gasteiger partial charge in [0.05, 0.1) is 12.8 Å². The molecule has 0 saturated carbocycles. The van der Waals surface area contributed by atoms with E-state index in [9.17, 15) is 8.42 Å². The molecule has 3 N–H and O–H groups in total. The van der Waals surface area contributed by atoms with Gasteiger partial charge in [0.15, 0.2) is 5.96 Å². The van der Waals surface area contributed by atoms with E-state index in [-0.39, 0.29) is 6.54 Å². The van der Waals surface area contributed by atoms with E-state index in [1.165, 1.54) is 0 Å². The molecule has 0 saturated heterocycles. The van der Waals surface area contributed by atoms with Gasteiger partial charge >= 0.3 is 0 Å². The molecular weight excluding hydrogens is 342 g/mol. The average Bonchev–Trinajstić information content (AvgIpc) is 3.05. The Bertz CT molecular complexity index is 787. The molecule has 9 heteroatoms. The van der Waals surface area contributed by atoms with Gasteiger partial charge in [-0.3, -0.25) is 0 Å². The number of aliphatic imine (C=N–C) groups is 1. The number of nitrogens with one attached hydrogen (secondary N) is 3. The number of hydrogen-bond donors (Lipinski definition) is 3. The van der Waals surface area contributed by atoms with Crippen LogP contribution in [-0.4, -0.2) is 45.3 Å². The normalized spacial score (nSPS) is 12.2. The molecule has 0 aliphatic heterocycles. The molecule has 1 aromatic heterocycles. The van der Waals surface area contributed by atoms with E-state index in [0.717, 1.165) is 11.8 Å². The fourth-order valence-corrected chi connectivity index (χ4v) is 2.48. The lowest BCUT2D eigenvalue weighted by molar-refractivity contribution is 0.572. The predicted octanol–water partition coefficient (Wildman–Crippen LogP) is 0.946. The van der Waals surface area contributed by atoms with Crippen LogP contribution in [0.5, 0.6) is 0 Å². The average molecular weight is 365 g/mol. The highest BCUT2D eigenvalue weighted by Gasteiger charge is 2.06. The Morgan fingerprint density at radius 2 is 1.96 bits per heavy atom. The SMILES string of the molecule is CCNC(=NCc1coc(-c2ccccc2)n1)NCCNS(C)(=O)=O. The second-order valence-electron chi connectivity index (χ2n) is 5.30. The Labute approximate surface area is 147 Å². The molecule has 0 unspecified atom stereocenters. The molecule has 2 aromatic rings. The summed E-state index contributed by atoms with van der Waals surface area (Å²) in [5.74, 6) is 1.14. The van der Waals surface area contributed by atoms with Gasteiger partial charge in [-0.1, -0.05) is 18.2 Å². The van der Waals surface area contributed by atoms with Crippen molar-refractivity contribution >= 4 is 16.0 Å². The molecule has 0 amide bonds. The zero-order chi connectivity index (χ0) is 18.1. The highest BCUT2D eigenvalue weighted by molar-refractivity contribution is 7.88. The maximum atomic E-state index is 11.0. The summed E-state index contributed by atoms with van der Waals surface area (Å²) in [5.41, 5.74) is 1.62. The van der Waals surface area contributed by atoms with Crippen LogP contribution in [0.25, 0.3) is 11.5 Å². The number of oxazole rings is 1. The fraction of sp³-hybridized carbons (Fsp3) is 0.375. The number of guanidine groups is 1. The summed E-state index contributed by atoms with van der Waals surface area (Å²) in [4.78, 5) is 8.84. The summed E-state index contributed by atoms with van der Waals surface area (Å²) >= 11 is 0. The predicted molar refractivity (Wildman–Crippen MR) is 97.6 cm³/mol. The maximum absolute atomic E-state index is 11.0. The van der Waals surface area contributed by atoms with E-state index in [4.69, 9.17) is 4.42 Å². The topological polar surface area (TPSA) is 109 Å². The molecule has 0 aliphatic carbocycles. The summed E-state index contributed by atoms with van der Waals surface area (Å²) in [6.45, 7) is 3.71. The third kappa shape index (κ3) is 6.94. The summed E-state index contributed by atoms with van der Waals surface area (Å²) in [7, 11) is -3.19. The van der Waals surface area contributed by atoms with Gasteiger partial charge in [0.1, 0.15) is 12.0 Å². The number of aromatic nitrogens is 1. The molecule has 0 radical (unpaired) electrons. The number of sulfonamides is 1. The van der Waals surface area contributed by atoms with Crippen molar-refractivity contribution in [2.45, 2.75) is 13.5 Å². The molecule has 0 spiro atoms. The van der Waals surface area contributed by atoms with Crippen LogP contribution in [0.3, 0.4) is 0 Å². The standard InChI is InChI=1S/C16H23N5O3S/c1-3-17-16(18-9-10-20-25(2,22)23)19-11-14-12-24-15(21-14)13-7-5-4-6-8-13/h4-8,12,20H,3,9-11H2,1-2H3,(H2,17,18,19). The number of benzene rings is 1. The number of hydrogen-bond acceptors (Lipinski definition) is 5. The number of nitrogens with zero attached hydrogens (tertiary/aromatic N) is 2. The Morgan fingerprint density at radius 1 is 1.20 bits per heavy atom. The van der Waals surface area contributed by atoms with Crippen LogP contribution >= 0.6 is 0 Å². The molecule has 8 nitrogen and oxygen atoms in total. The smallest absolute Gasteiger partial charge is 0.226 e. The van der Waals surface area contributed by atoms with Gasteiger partial charge in [-0.15, -0.1) is 0 Å². The minimum Gasteiger partial charge on any atom is -0.444 e. The van der Waals surface area contributed by atoms with E-state index in [1.807, 2.05) is 37.3 Å². The minimum absolute atomic E-state index is 0.283. The summed E-state index contributed by atoms with van der Waals surface area (Å²) < 4.78 is 30.0. The van der Waals surface area contributed by atoms with Crippen molar-refractivity contribution in [1.29, 1.82) is 0 Å². The first kappa shape index (κ1) is 18.9. The van der Waals surface area contributed by atoms with E-state index in [1.54, 1.807) is 6.26 Å². The van der Waals surface area contributed by atoms with Crippen molar-refractivity contribution < 1.29 is 12.8 Å². The molecule has 136 valence electrons. The molecule has 0 fully saturated rings. The molecule has 1 heterocycles. The van der Waals surface area contributed by atoms with E-state index in [2.05, 4.69) is 25.3 Å². The lowest BCUT2D eigenvalue weighted by Gasteiger charge is -2.10. The van der Waals surface area contributed by atoms with Crippen LogP contribution in [0.4, 0.5) is 0 Å². The molecule has 25 heavy (non-hydrogen) atoms. The highest BCUT2D eigenvalue weighted by Crippen LogP contribution is 2.18. The van der Waals surface area contributed by atoms with Crippen molar-refractivity contribution in [2.24, 2.45) is 4.99 Å². The van der Waals surface area contributed by atoms with Gasteiger partial charge in [-0.2, -0.15) is 0 Å². The summed E-state index contributed by atoms with van der Waals surface area (Å²) in [6, 6.07) is 9.65. The Morgan fingerprint density at radius 3 is 2.64 bits per heavy atom. The fourth-order valence-electron chi connectivity index (χ4n) is 2.01. The van der Waals surface area contributed by atoms with Gasteiger partial charge in [-0.05, 0) is 19.1 Å². The zero-order valence-electron chi connectivity index (χ0n) is 14.3. The second-order valence-corrected chi connectivity index (χ2v) is 7.13. The van der Waals surface area contributed by atoms with Crippen LogP contribution in [-0.2, 0) is 16.6 Å². The van der Waals surface area contributed by atoms with E-state index < -0.39 is 10.0 Å². The minimum atomic E-state index is -3.19. The monoisotopic (exact) mass is 365 g/mol. The van der Waals surface area contributed by atoms with Gasteiger partial charge in [0.25, 0.3) is 0 Å². The first-order valence-electron chi connectivity index (χ1n) is 7.94. The van der Waals surface area contributed by atoms with Gasteiger partial charge < -0.3 is 15.1 Å². The lowest BCUT2D eigenvalue weighted by Crippen LogP contribution is -2.41. The molecule has 0 atom stereocenters. The third-order valence-corrected chi connectivity index (χ3v) is 3.83. The molecule has 0 bridgehead atoms. The maximum Gasteiger partial charge on any atom is 0.226 e. The quantitative estimate of drug-likeness (QED) is 0.365. The van der Waals surface area contributed by atoms with E-state index in [0.29, 0.717) is 37.2 Å². The van der Waals surface area contributed by atoms with Crippen molar-refractivity contribution in [3.8, 4) is 11.5 Å². The first-order valence-corrected chi connectivity index (χ1v) is 9.83. The van der Waals surface area contributed by atoms with E-state index >= 15 is 0 Å². The molecule has 0 aliphatic rings. The van der Waals surface area contributed by atoms with Crippen molar-refractivity contribution in [3.63, 3.8) is 0 Å². The zero-order valence-corrected chi connectivity index (χ0v) is 15.1. The van der Waals surface area contributed by atoms with Crippen molar-refractivity contribution in [3.05, 3.63) is 42.3 Å². The summed E-state index contributed by atoms with van der Waals surface area (Å²) in [5, 5.41) is 6.15. The Hall–Kier alpha value is -2.39. The van der Waals surface area contributed by atoms with Crippen molar-refractivity contribution in [1.82, 2.24) is 20.3 Å². The Kier molecular flexibility index (Phi) is 6.96. The highest BCUT2D eigenvalue weighted by atomic mass is 32.2. The summed E-state index contributed by atoms with van der Waals surface area (Å²) in [6.07, 6.45) is 2.71. The van der Waals surface area contributed by atoms with Crippen LogP contribution in [0.1, 0.15) is 12.6 Å².